The molecular weight excluding hydrogens is 358 g/mol. The third kappa shape index (κ3) is 4.81. The highest BCUT2D eigenvalue weighted by molar-refractivity contribution is 9.10. The summed E-state index contributed by atoms with van der Waals surface area (Å²) >= 11 is 3.48. The summed E-state index contributed by atoms with van der Waals surface area (Å²) in [6, 6.07) is 15.3. The van der Waals surface area contributed by atoms with Gasteiger partial charge in [0.1, 0.15) is 0 Å². The highest BCUT2D eigenvalue weighted by Crippen LogP contribution is 2.24. The highest BCUT2D eigenvalue weighted by atomic mass is 79.9. The second kappa shape index (κ2) is 8.64. The first-order chi connectivity index (χ1) is 11.7. The van der Waals surface area contributed by atoms with E-state index in [0.717, 1.165) is 17.6 Å². The van der Waals surface area contributed by atoms with Crippen molar-refractivity contribution in [2.24, 2.45) is 0 Å². The molecule has 0 saturated carbocycles. The van der Waals surface area contributed by atoms with Crippen molar-refractivity contribution in [1.82, 2.24) is 4.90 Å². The van der Waals surface area contributed by atoms with Gasteiger partial charge < -0.3 is 0 Å². The lowest BCUT2D eigenvalue weighted by Gasteiger charge is -2.19. The first-order valence-electron chi connectivity index (χ1n) is 8.92. The summed E-state index contributed by atoms with van der Waals surface area (Å²) in [5, 5.41) is 0. The second-order valence-electron chi connectivity index (χ2n) is 6.77. The zero-order chi connectivity index (χ0) is 16.8. The molecule has 1 aliphatic rings. The molecule has 0 atom stereocenters. The molecule has 0 unspecified atom stereocenters. The molecule has 0 aromatic heterocycles. The van der Waals surface area contributed by atoms with Gasteiger partial charge in [0.15, 0.2) is 0 Å². The van der Waals surface area contributed by atoms with Crippen LogP contribution < -0.4 is 0 Å². The molecule has 0 bridgehead atoms. The van der Waals surface area contributed by atoms with Crippen LogP contribution in [0, 0.1) is 0 Å². The monoisotopic (exact) mass is 383 g/mol. The van der Waals surface area contributed by atoms with Crippen LogP contribution in [0.1, 0.15) is 41.5 Å². The van der Waals surface area contributed by atoms with Gasteiger partial charge in [-0.05, 0) is 67.1 Å². The molecule has 0 saturated heterocycles. The van der Waals surface area contributed by atoms with Crippen molar-refractivity contribution < 1.29 is 0 Å². The van der Waals surface area contributed by atoms with E-state index in [4.69, 9.17) is 0 Å². The van der Waals surface area contributed by atoms with E-state index in [1.54, 1.807) is 11.1 Å². The van der Waals surface area contributed by atoms with E-state index in [9.17, 15) is 0 Å². The lowest BCUT2D eigenvalue weighted by Crippen LogP contribution is -2.19. The largest absolute Gasteiger partial charge is 0.298 e. The van der Waals surface area contributed by atoms with Crippen LogP contribution in [0.4, 0.5) is 0 Å². The number of hydrogen-bond acceptors (Lipinski definition) is 1. The zero-order valence-corrected chi connectivity index (χ0v) is 16.1. The summed E-state index contributed by atoms with van der Waals surface area (Å²) in [4.78, 5) is 2.40. The number of nitrogens with zero attached hydrogens (tertiary/aromatic N) is 1. The average molecular weight is 384 g/mol. The molecule has 0 radical (unpaired) electrons. The molecule has 0 fully saturated rings. The maximum absolute atomic E-state index is 3.48. The minimum atomic E-state index is 0.972. The van der Waals surface area contributed by atoms with Crippen molar-refractivity contribution in [2.45, 2.75) is 38.6 Å². The fourth-order valence-corrected chi connectivity index (χ4v) is 3.75. The predicted molar refractivity (Wildman–Crippen MR) is 107 cm³/mol. The first kappa shape index (κ1) is 17.4. The van der Waals surface area contributed by atoms with Gasteiger partial charge in [0.05, 0.1) is 0 Å². The number of likely N-dealkylation sites (N-methyl/N-ethyl adjacent to an activating group) is 1. The predicted octanol–water partition coefficient (Wildman–Crippen LogP) is 5.86. The SMILES string of the molecule is CN(C/C=C/c1ccc(Br)cc1)Cc1cccc2c1CCCCC2. The second-order valence-corrected chi connectivity index (χ2v) is 7.68. The Morgan fingerprint density at radius 2 is 1.79 bits per heavy atom. The number of benzene rings is 2. The van der Waals surface area contributed by atoms with E-state index in [1.165, 1.54) is 43.2 Å². The van der Waals surface area contributed by atoms with Gasteiger partial charge in [0, 0.05) is 17.6 Å². The fraction of sp³-hybridized carbons (Fsp3) is 0.364. The molecule has 1 nitrogen and oxygen atoms in total. The molecule has 2 aromatic rings. The van der Waals surface area contributed by atoms with Gasteiger partial charge in [0.2, 0.25) is 0 Å². The molecule has 0 heterocycles. The molecule has 0 N–H and O–H groups in total. The maximum atomic E-state index is 3.48. The Hall–Kier alpha value is -1.38. The molecule has 1 aliphatic carbocycles. The van der Waals surface area contributed by atoms with Crippen molar-refractivity contribution in [1.29, 1.82) is 0 Å². The van der Waals surface area contributed by atoms with Gasteiger partial charge in [0.25, 0.3) is 0 Å². The van der Waals surface area contributed by atoms with Crippen molar-refractivity contribution in [3.05, 3.63) is 75.3 Å². The maximum Gasteiger partial charge on any atom is 0.0236 e. The highest BCUT2D eigenvalue weighted by Gasteiger charge is 2.12. The lowest BCUT2D eigenvalue weighted by atomic mass is 9.97. The summed E-state index contributed by atoms with van der Waals surface area (Å²) in [7, 11) is 2.21. The summed E-state index contributed by atoms with van der Waals surface area (Å²) in [6.07, 6.45) is 11.0. The normalized spacial score (nSPS) is 14.8. The third-order valence-electron chi connectivity index (χ3n) is 4.78. The number of fused-ring (bicyclic) bond motifs is 1. The zero-order valence-electron chi connectivity index (χ0n) is 14.5. The Bertz CT molecular complexity index is 688. The fourth-order valence-electron chi connectivity index (χ4n) is 3.48. The van der Waals surface area contributed by atoms with Crippen LogP contribution in [-0.2, 0) is 19.4 Å². The average Bonchev–Trinajstić information content (AvgIpc) is 2.83. The molecule has 3 rings (SSSR count). The van der Waals surface area contributed by atoms with Gasteiger partial charge in [-0.3, -0.25) is 4.90 Å². The van der Waals surface area contributed by atoms with Crippen LogP contribution >= 0.6 is 15.9 Å². The Morgan fingerprint density at radius 1 is 1.00 bits per heavy atom. The van der Waals surface area contributed by atoms with E-state index in [-0.39, 0.29) is 0 Å². The number of rotatable bonds is 5. The molecule has 24 heavy (non-hydrogen) atoms. The Morgan fingerprint density at radius 3 is 2.62 bits per heavy atom. The summed E-state index contributed by atoms with van der Waals surface area (Å²) in [5.74, 6) is 0. The number of aryl methyl sites for hydroxylation is 1. The van der Waals surface area contributed by atoms with E-state index in [0.29, 0.717) is 0 Å². The minimum absolute atomic E-state index is 0.972. The number of hydrogen-bond donors (Lipinski definition) is 0. The summed E-state index contributed by atoms with van der Waals surface area (Å²) < 4.78 is 1.13. The van der Waals surface area contributed by atoms with Crippen molar-refractivity contribution >= 4 is 22.0 Å². The van der Waals surface area contributed by atoms with Crippen LogP contribution in [0.25, 0.3) is 6.08 Å². The van der Waals surface area contributed by atoms with Gasteiger partial charge in [-0.1, -0.05) is 64.8 Å². The summed E-state index contributed by atoms with van der Waals surface area (Å²) in [6.45, 7) is 2.01. The van der Waals surface area contributed by atoms with E-state index < -0.39 is 0 Å². The van der Waals surface area contributed by atoms with Crippen LogP contribution in [0.5, 0.6) is 0 Å². The van der Waals surface area contributed by atoms with E-state index in [1.807, 2.05) is 0 Å². The van der Waals surface area contributed by atoms with Gasteiger partial charge in [-0.15, -0.1) is 0 Å². The standard InChI is InChI=1S/C22H26BrN/c1-24(16-6-7-18-12-14-21(23)15-13-18)17-20-10-5-9-19-8-3-2-4-11-22(19)20/h5-7,9-10,12-15H,2-4,8,11,16-17H2,1H3/b7-6+. The molecule has 0 aliphatic heterocycles. The molecule has 0 spiro atoms. The number of halogens is 1. The van der Waals surface area contributed by atoms with Crippen LogP contribution in [0.15, 0.2) is 53.0 Å². The molecular formula is C22H26BrN. The molecule has 0 amide bonds. The molecule has 126 valence electrons. The first-order valence-corrected chi connectivity index (χ1v) is 9.72. The molecule has 2 aromatic carbocycles. The third-order valence-corrected chi connectivity index (χ3v) is 5.31. The Kier molecular flexibility index (Phi) is 6.28. The summed E-state index contributed by atoms with van der Waals surface area (Å²) in [5.41, 5.74) is 5.98. The molecule has 2 heteroatoms. The topological polar surface area (TPSA) is 3.24 Å². The van der Waals surface area contributed by atoms with Crippen LogP contribution in [0.3, 0.4) is 0 Å². The minimum Gasteiger partial charge on any atom is -0.298 e. The van der Waals surface area contributed by atoms with Crippen LogP contribution in [-0.4, -0.2) is 18.5 Å². The lowest BCUT2D eigenvalue weighted by molar-refractivity contribution is 0.362. The van der Waals surface area contributed by atoms with Crippen LogP contribution in [0.2, 0.25) is 0 Å². The van der Waals surface area contributed by atoms with Crippen molar-refractivity contribution in [3.63, 3.8) is 0 Å². The van der Waals surface area contributed by atoms with Gasteiger partial charge in [-0.25, -0.2) is 0 Å². The van der Waals surface area contributed by atoms with E-state index in [2.05, 4.69) is 82.5 Å². The van der Waals surface area contributed by atoms with Crippen molar-refractivity contribution in [2.75, 3.05) is 13.6 Å². The van der Waals surface area contributed by atoms with E-state index >= 15 is 0 Å². The van der Waals surface area contributed by atoms with Gasteiger partial charge in [-0.2, -0.15) is 0 Å². The van der Waals surface area contributed by atoms with Crippen molar-refractivity contribution in [3.8, 4) is 0 Å². The van der Waals surface area contributed by atoms with Gasteiger partial charge >= 0.3 is 0 Å². The quantitative estimate of drug-likeness (QED) is 0.584. The Labute approximate surface area is 154 Å². The smallest absolute Gasteiger partial charge is 0.0236 e. The Balaban J connectivity index is 1.61.